The zero-order valence-corrected chi connectivity index (χ0v) is 9.73. The van der Waals surface area contributed by atoms with E-state index in [2.05, 4.69) is 9.72 Å². The van der Waals surface area contributed by atoms with E-state index in [-0.39, 0.29) is 18.8 Å². The Kier molecular flexibility index (Phi) is 5.76. The average molecular weight is 246 g/mol. The van der Waals surface area contributed by atoms with Crippen molar-refractivity contribution in [2.45, 2.75) is 25.7 Å². The number of carbonyl (C=O) groups is 1. The summed E-state index contributed by atoms with van der Waals surface area (Å²) in [5, 5.41) is 0. The number of ether oxygens (including phenoxy) is 1. The molecule has 0 atom stereocenters. The Morgan fingerprint density at radius 2 is 2.29 bits per heavy atom. The van der Waals surface area contributed by atoms with E-state index in [1.54, 1.807) is 6.20 Å². The van der Waals surface area contributed by atoms with Gasteiger partial charge in [0.15, 0.2) is 0 Å². The van der Waals surface area contributed by atoms with E-state index in [4.69, 9.17) is 0 Å². The number of alkyl halides is 2. The number of halogens is 2. The van der Waals surface area contributed by atoms with Gasteiger partial charge in [-0.15, -0.1) is 0 Å². The van der Waals surface area contributed by atoms with Crippen LogP contribution in [0.5, 0.6) is 0 Å². The van der Waals surface area contributed by atoms with Gasteiger partial charge in [-0.05, 0) is 0 Å². The van der Waals surface area contributed by atoms with Gasteiger partial charge in [-0.3, -0.25) is 4.79 Å². The van der Waals surface area contributed by atoms with Crippen LogP contribution in [0.2, 0.25) is 0 Å². The van der Waals surface area contributed by atoms with Gasteiger partial charge in [-0.1, -0.05) is 0 Å². The first-order chi connectivity index (χ1) is 8.09. The van der Waals surface area contributed by atoms with Crippen LogP contribution in [0, 0.1) is 0 Å². The van der Waals surface area contributed by atoms with Crippen molar-refractivity contribution in [3.63, 3.8) is 0 Å². The average Bonchev–Trinajstić information content (AvgIpc) is 2.67. The molecular formula is C11H16F2N2O2. The predicted octanol–water partition coefficient (Wildman–Crippen LogP) is 1.59. The van der Waals surface area contributed by atoms with Crippen LogP contribution < -0.4 is 0 Å². The Hall–Kier alpha value is -1.30. The molecule has 0 spiro atoms. The number of imidazole rings is 1. The van der Waals surface area contributed by atoms with Gasteiger partial charge in [0.05, 0.1) is 6.61 Å². The van der Waals surface area contributed by atoms with Gasteiger partial charge in [0.2, 0.25) is 0 Å². The molecule has 0 bridgehead atoms. The minimum atomic E-state index is -2.47. The fraction of sp³-hybridized carbons (Fsp3) is 0.636. The number of nitrogens with zero attached hydrogens (tertiary/aromatic N) is 2. The molecule has 0 N–H and O–H groups in total. The van der Waals surface area contributed by atoms with Crippen LogP contribution >= 0.6 is 0 Å². The van der Waals surface area contributed by atoms with Crippen LogP contribution in [-0.2, 0) is 23.0 Å². The fourth-order valence-corrected chi connectivity index (χ4v) is 1.37. The fourth-order valence-electron chi connectivity index (χ4n) is 1.37. The first-order valence-electron chi connectivity index (χ1n) is 5.43. The quantitative estimate of drug-likeness (QED) is 0.654. The van der Waals surface area contributed by atoms with Crippen LogP contribution in [0.25, 0.3) is 0 Å². The largest absolute Gasteiger partial charge is 0.375 e. The third kappa shape index (κ3) is 5.53. The number of aryl methyl sites for hydroxylation is 2. The maximum atomic E-state index is 11.7. The lowest BCUT2D eigenvalue weighted by Gasteiger charge is -2.03. The summed E-state index contributed by atoms with van der Waals surface area (Å²) in [4.78, 5) is 15.5. The number of Topliss-reactive ketones (excluding diaryl/α,β-unsaturated/α-hetero) is 1. The number of rotatable bonds is 8. The van der Waals surface area contributed by atoms with E-state index in [0.717, 1.165) is 5.82 Å². The summed E-state index contributed by atoms with van der Waals surface area (Å²) in [5.41, 5.74) is 0. The molecule has 0 saturated heterocycles. The second-order valence-corrected chi connectivity index (χ2v) is 3.71. The maximum absolute atomic E-state index is 11.7. The molecule has 17 heavy (non-hydrogen) atoms. The van der Waals surface area contributed by atoms with E-state index in [9.17, 15) is 13.6 Å². The van der Waals surface area contributed by atoms with Gasteiger partial charge in [0.25, 0.3) is 6.43 Å². The van der Waals surface area contributed by atoms with Gasteiger partial charge < -0.3 is 9.30 Å². The lowest BCUT2D eigenvalue weighted by Crippen LogP contribution is -2.10. The van der Waals surface area contributed by atoms with E-state index in [1.165, 1.54) is 0 Å². The van der Waals surface area contributed by atoms with Crippen molar-refractivity contribution in [3.8, 4) is 0 Å². The van der Waals surface area contributed by atoms with E-state index in [0.29, 0.717) is 12.8 Å². The highest BCUT2D eigenvalue weighted by Crippen LogP contribution is 2.02. The molecule has 0 unspecified atom stereocenters. The summed E-state index contributed by atoms with van der Waals surface area (Å²) in [6, 6.07) is 0. The number of ketones is 1. The van der Waals surface area contributed by atoms with Gasteiger partial charge >= 0.3 is 0 Å². The van der Waals surface area contributed by atoms with Crippen molar-refractivity contribution in [2.75, 3.05) is 13.2 Å². The van der Waals surface area contributed by atoms with E-state index >= 15 is 0 Å². The van der Waals surface area contributed by atoms with Crippen LogP contribution in [0.1, 0.15) is 18.7 Å². The molecule has 1 aromatic rings. The predicted molar refractivity (Wildman–Crippen MR) is 58.0 cm³/mol. The van der Waals surface area contributed by atoms with E-state index < -0.39 is 13.0 Å². The molecule has 0 aromatic carbocycles. The number of carbonyl (C=O) groups excluding carboxylic acids is 1. The second kappa shape index (κ2) is 7.11. The zero-order chi connectivity index (χ0) is 12.7. The van der Waals surface area contributed by atoms with Gasteiger partial charge in [-0.25, -0.2) is 13.8 Å². The van der Waals surface area contributed by atoms with Crippen molar-refractivity contribution >= 4 is 5.78 Å². The van der Waals surface area contributed by atoms with Crippen LogP contribution in [0.3, 0.4) is 0 Å². The standard InChI is InChI=1S/C11H16F2N2O2/c1-15-6-5-14-11(15)3-2-9(16)4-7-17-8-10(12)13/h5-6,10H,2-4,7-8H2,1H3. The monoisotopic (exact) mass is 246 g/mol. The highest BCUT2D eigenvalue weighted by Gasteiger charge is 2.07. The summed E-state index contributed by atoms with van der Waals surface area (Å²) in [7, 11) is 1.86. The molecule has 0 radical (unpaired) electrons. The molecule has 96 valence electrons. The first kappa shape index (κ1) is 13.8. The molecule has 0 amide bonds. The van der Waals surface area contributed by atoms with Crippen molar-refractivity contribution in [1.82, 2.24) is 9.55 Å². The Morgan fingerprint density at radius 3 is 2.88 bits per heavy atom. The molecule has 1 rings (SSSR count). The zero-order valence-electron chi connectivity index (χ0n) is 9.73. The van der Waals surface area contributed by atoms with Gasteiger partial charge in [-0.2, -0.15) is 0 Å². The van der Waals surface area contributed by atoms with Crippen molar-refractivity contribution < 1.29 is 18.3 Å². The number of hydrogen-bond donors (Lipinski definition) is 0. The SMILES string of the molecule is Cn1ccnc1CCC(=O)CCOCC(F)F. The topological polar surface area (TPSA) is 44.1 Å². The molecule has 0 aliphatic rings. The molecule has 1 heterocycles. The Morgan fingerprint density at radius 1 is 1.53 bits per heavy atom. The summed E-state index contributed by atoms with van der Waals surface area (Å²) < 4.78 is 29.9. The minimum absolute atomic E-state index is 0.00210. The summed E-state index contributed by atoms with van der Waals surface area (Å²) in [6.45, 7) is -0.545. The first-order valence-corrected chi connectivity index (χ1v) is 5.43. The minimum Gasteiger partial charge on any atom is -0.375 e. The second-order valence-electron chi connectivity index (χ2n) is 3.71. The molecule has 4 nitrogen and oxygen atoms in total. The molecule has 6 heteroatoms. The molecular weight excluding hydrogens is 230 g/mol. The highest BCUT2D eigenvalue weighted by atomic mass is 19.3. The molecule has 0 aliphatic heterocycles. The number of hydrogen-bond acceptors (Lipinski definition) is 3. The number of aromatic nitrogens is 2. The Bertz CT molecular complexity index is 353. The summed E-state index contributed by atoms with van der Waals surface area (Å²) in [6.07, 6.45) is 2.12. The van der Waals surface area contributed by atoms with Crippen LogP contribution in [-0.4, -0.2) is 35.0 Å². The Balaban J connectivity index is 2.11. The van der Waals surface area contributed by atoms with Crippen molar-refractivity contribution in [3.05, 3.63) is 18.2 Å². The molecule has 0 aliphatic carbocycles. The summed E-state index contributed by atoms with van der Waals surface area (Å²) in [5.74, 6) is 0.842. The third-order valence-corrected chi connectivity index (χ3v) is 2.32. The van der Waals surface area contributed by atoms with Crippen LogP contribution in [0.4, 0.5) is 8.78 Å². The Labute approximate surface area is 98.6 Å². The molecule has 0 fully saturated rings. The highest BCUT2D eigenvalue weighted by molar-refractivity contribution is 5.78. The van der Waals surface area contributed by atoms with Crippen molar-refractivity contribution in [2.24, 2.45) is 7.05 Å². The van der Waals surface area contributed by atoms with Crippen LogP contribution in [0.15, 0.2) is 12.4 Å². The smallest absolute Gasteiger partial charge is 0.261 e. The molecule has 0 saturated carbocycles. The van der Waals surface area contributed by atoms with E-state index in [1.807, 2.05) is 17.8 Å². The lowest BCUT2D eigenvalue weighted by molar-refractivity contribution is -0.120. The maximum Gasteiger partial charge on any atom is 0.261 e. The normalized spacial score (nSPS) is 11.1. The van der Waals surface area contributed by atoms with Gasteiger partial charge in [0, 0.05) is 38.7 Å². The van der Waals surface area contributed by atoms with Crippen molar-refractivity contribution in [1.29, 1.82) is 0 Å². The van der Waals surface area contributed by atoms with Gasteiger partial charge in [0.1, 0.15) is 18.2 Å². The summed E-state index contributed by atoms with van der Waals surface area (Å²) >= 11 is 0. The molecule has 1 aromatic heterocycles. The lowest BCUT2D eigenvalue weighted by atomic mass is 10.1. The third-order valence-electron chi connectivity index (χ3n) is 2.32.